The molecule has 7 nitrogen and oxygen atoms in total. The molecule has 0 radical (unpaired) electrons. The van der Waals surface area contributed by atoms with Crippen LogP contribution < -0.4 is 10.6 Å². The molecule has 7 heteroatoms. The first-order valence-electron chi connectivity index (χ1n) is 16.3. The van der Waals surface area contributed by atoms with E-state index < -0.39 is 29.9 Å². The van der Waals surface area contributed by atoms with E-state index in [4.69, 9.17) is 0 Å². The molecular formula is C38H46N2O5. The van der Waals surface area contributed by atoms with Crippen LogP contribution in [0.25, 0.3) is 0 Å². The summed E-state index contributed by atoms with van der Waals surface area (Å²) in [6.45, 7) is 6.11. The highest BCUT2D eigenvalue weighted by atomic mass is 16.3. The molecule has 0 bridgehead atoms. The van der Waals surface area contributed by atoms with Crippen molar-refractivity contribution in [2.24, 2.45) is 23.7 Å². The number of fused-ring (bicyclic) bond motifs is 1. The van der Waals surface area contributed by atoms with Gasteiger partial charge in [0, 0.05) is 29.5 Å². The van der Waals surface area contributed by atoms with Crippen LogP contribution in [0.2, 0.25) is 0 Å². The maximum atomic E-state index is 14.3. The van der Waals surface area contributed by atoms with Gasteiger partial charge in [0.15, 0.2) is 5.78 Å². The smallest absolute Gasteiger partial charge is 0.252 e. The summed E-state index contributed by atoms with van der Waals surface area (Å²) < 4.78 is 0. The second-order valence-corrected chi connectivity index (χ2v) is 13.1. The number of aliphatic hydroxyl groups excluding tert-OH is 1. The summed E-state index contributed by atoms with van der Waals surface area (Å²) in [6, 6.07) is 19.3. The van der Waals surface area contributed by atoms with Gasteiger partial charge in [-0.2, -0.15) is 0 Å². The van der Waals surface area contributed by atoms with Crippen LogP contribution in [-0.2, 0) is 22.6 Å². The summed E-state index contributed by atoms with van der Waals surface area (Å²) in [5.41, 5.74) is 4.85. The molecule has 2 amide bonds. The topological polar surface area (TPSA) is 116 Å². The monoisotopic (exact) mass is 610 g/mol. The molecule has 2 fully saturated rings. The number of ketones is 1. The van der Waals surface area contributed by atoms with Gasteiger partial charge in [0.05, 0.1) is 6.04 Å². The van der Waals surface area contributed by atoms with Crippen LogP contribution in [-0.4, -0.2) is 40.0 Å². The lowest BCUT2D eigenvalue weighted by atomic mass is 9.61. The predicted octanol–water partition coefficient (Wildman–Crippen LogP) is 5.74. The standard InChI is InChI=1S/C38H46N2O5/c1-23-11-9-12-24(2)32(23)22-39-37(44)31-21-28-16-8-7-15-27(28)20-30(31)35(42)36(43)33(19-26-13-5-4-6-14-26)40-38(45)29-17-10-18-34(41)25(29)3/h4-6,9-14,17-18,27-28,30-31,33,36,41,43H,7-8,15-16,19-22H2,1-3H3,(H,39,44)(H,40,45). The number of hydrogen-bond donors (Lipinski definition) is 4. The second kappa shape index (κ2) is 14.4. The summed E-state index contributed by atoms with van der Waals surface area (Å²) >= 11 is 0. The van der Waals surface area contributed by atoms with Crippen molar-refractivity contribution in [2.75, 3.05) is 0 Å². The van der Waals surface area contributed by atoms with E-state index in [9.17, 15) is 24.6 Å². The van der Waals surface area contributed by atoms with Crippen molar-refractivity contribution >= 4 is 17.6 Å². The van der Waals surface area contributed by atoms with Crippen molar-refractivity contribution in [3.63, 3.8) is 0 Å². The van der Waals surface area contributed by atoms with Crippen LogP contribution in [0.4, 0.5) is 0 Å². The number of rotatable bonds is 10. The highest BCUT2D eigenvalue weighted by molar-refractivity contribution is 5.97. The fraction of sp³-hybridized carbons (Fsp3) is 0.447. The maximum Gasteiger partial charge on any atom is 0.252 e. The Morgan fingerprint density at radius 3 is 2.11 bits per heavy atom. The van der Waals surface area contributed by atoms with Crippen LogP contribution in [0.3, 0.4) is 0 Å². The largest absolute Gasteiger partial charge is 0.508 e. The first kappa shape index (κ1) is 32.4. The fourth-order valence-corrected chi connectivity index (χ4v) is 7.57. The van der Waals surface area contributed by atoms with Gasteiger partial charge in [-0.3, -0.25) is 14.4 Å². The van der Waals surface area contributed by atoms with Gasteiger partial charge in [0.1, 0.15) is 11.9 Å². The molecule has 2 saturated carbocycles. The molecule has 2 aliphatic carbocycles. The van der Waals surface area contributed by atoms with Crippen molar-refractivity contribution in [2.45, 2.75) is 84.4 Å². The number of aromatic hydroxyl groups is 1. The van der Waals surface area contributed by atoms with Crippen LogP contribution >= 0.6 is 0 Å². The number of Topliss-reactive ketones (excluding diaryl/α,β-unsaturated/α-hetero) is 1. The minimum Gasteiger partial charge on any atom is -0.508 e. The molecular weight excluding hydrogens is 564 g/mol. The van der Waals surface area contributed by atoms with Gasteiger partial charge in [-0.15, -0.1) is 0 Å². The molecule has 4 N–H and O–H groups in total. The van der Waals surface area contributed by atoms with Gasteiger partial charge in [-0.25, -0.2) is 0 Å². The zero-order chi connectivity index (χ0) is 32.1. The Kier molecular flexibility index (Phi) is 10.4. The summed E-state index contributed by atoms with van der Waals surface area (Å²) in [5.74, 6) is -1.46. The van der Waals surface area contributed by atoms with Gasteiger partial charge in [-0.1, -0.05) is 80.3 Å². The molecule has 3 aromatic rings. The Hall–Kier alpha value is -3.97. The molecule has 0 aromatic heterocycles. The number of benzene rings is 3. The number of aliphatic hydroxyl groups is 1. The minimum atomic E-state index is -1.51. The van der Waals surface area contributed by atoms with Crippen LogP contribution in [0.1, 0.15) is 76.7 Å². The van der Waals surface area contributed by atoms with Crippen molar-refractivity contribution in [1.29, 1.82) is 0 Å². The number of amides is 2. The zero-order valence-corrected chi connectivity index (χ0v) is 26.6. The molecule has 2 aliphatic rings. The van der Waals surface area contributed by atoms with Crippen molar-refractivity contribution in [1.82, 2.24) is 10.6 Å². The Morgan fingerprint density at radius 2 is 1.44 bits per heavy atom. The van der Waals surface area contributed by atoms with Gasteiger partial charge < -0.3 is 20.8 Å². The molecule has 0 spiro atoms. The maximum absolute atomic E-state index is 14.3. The van der Waals surface area contributed by atoms with E-state index >= 15 is 0 Å². The summed E-state index contributed by atoms with van der Waals surface area (Å²) in [6.07, 6.45) is 4.27. The Bertz CT molecular complexity index is 1500. The number of phenolic OH excluding ortho intramolecular Hbond substituents is 1. The molecule has 3 aromatic carbocycles. The SMILES string of the molecule is Cc1cccc(C)c1CNC(=O)C1CC2CCCCC2CC1C(=O)C(O)C(Cc1ccccc1)NC(=O)c1cccc(O)c1C. The van der Waals surface area contributed by atoms with E-state index in [2.05, 4.69) is 10.6 Å². The molecule has 6 atom stereocenters. The number of nitrogens with one attached hydrogen (secondary N) is 2. The fourth-order valence-electron chi connectivity index (χ4n) is 7.57. The molecule has 0 aliphatic heterocycles. The summed E-state index contributed by atoms with van der Waals surface area (Å²) in [7, 11) is 0. The molecule has 238 valence electrons. The first-order valence-corrected chi connectivity index (χ1v) is 16.3. The summed E-state index contributed by atoms with van der Waals surface area (Å²) in [5, 5.41) is 28.0. The lowest BCUT2D eigenvalue weighted by Crippen LogP contribution is -2.53. The van der Waals surface area contributed by atoms with E-state index in [1.807, 2.05) is 62.4 Å². The van der Waals surface area contributed by atoms with Crippen molar-refractivity contribution < 1.29 is 24.6 Å². The Labute approximate surface area is 266 Å². The third-order valence-electron chi connectivity index (χ3n) is 10.3. The van der Waals surface area contributed by atoms with Crippen molar-refractivity contribution in [3.05, 3.63) is 100 Å². The highest BCUT2D eigenvalue weighted by Gasteiger charge is 2.46. The predicted molar refractivity (Wildman–Crippen MR) is 175 cm³/mol. The number of carbonyl (C=O) groups is 3. The number of aryl methyl sites for hydroxylation is 2. The lowest BCUT2D eigenvalue weighted by Gasteiger charge is -2.43. The number of hydrogen-bond acceptors (Lipinski definition) is 5. The zero-order valence-electron chi connectivity index (χ0n) is 26.6. The molecule has 0 heterocycles. The Morgan fingerprint density at radius 1 is 0.822 bits per heavy atom. The number of carbonyl (C=O) groups excluding carboxylic acids is 3. The average molecular weight is 611 g/mol. The lowest BCUT2D eigenvalue weighted by molar-refractivity contribution is -0.144. The van der Waals surface area contributed by atoms with E-state index in [0.29, 0.717) is 36.8 Å². The molecule has 6 unspecified atom stereocenters. The molecule has 45 heavy (non-hydrogen) atoms. The Balaban J connectivity index is 1.40. The van der Waals surface area contributed by atoms with Crippen molar-refractivity contribution in [3.8, 4) is 5.75 Å². The third-order valence-corrected chi connectivity index (χ3v) is 10.3. The van der Waals surface area contributed by atoms with Gasteiger partial charge in [0.25, 0.3) is 5.91 Å². The normalized spacial score (nSPS) is 22.5. The number of phenols is 1. The van der Waals surface area contributed by atoms with Crippen LogP contribution in [0.5, 0.6) is 5.75 Å². The van der Waals surface area contributed by atoms with Crippen LogP contribution in [0.15, 0.2) is 66.7 Å². The van der Waals surface area contributed by atoms with E-state index in [-0.39, 0.29) is 29.4 Å². The van der Waals surface area contributed by atoms with Crippen LogP contribution in [0, 0.1) is 44.4 Å². The molecule has 0 saturated heterocycles. The average Bonchev–Trinajstić information content (AvgIpc) is 3.04. The quantitative estimate of drug-likeness (QED) is 0.234. The van der Waals surface area contributed by atoms with E-state index in [0.717, 1.165) is 47.9 Å². The van der Waals surface area contributed by atoms with E-state index in [1.54, 1.807) is 19.1 Å². The third kappa shape index (κ3) is 7.47. The first-order chi connectivity index (χ1) is 21.6. The molecule has 5 rings (SSSR count). The van der Waals surface area contributed by atoms with Gasteiger partial charge >= 0.3 is 0 Å². The highest BCUT2D eigenvalue weighted by Crippen LogP contribution is 2.46. The summed E-state index contributed by atoms with van der Waals surface area (Å²) in [4.78, 5) is 41.6. The van der Waals surface area contributed by atoms with E-state index in [1.165, 1.54) is 6.07 Å². The second-order valence-electron chi connectivity index (χ2n) is 13.1. The van der Waals surface area contributed by atoms with Gasteiger partial charge in [0.2, 0.25) is 5.91 Å². The van der Waals surface area contributed by atoms with Gasteiger partial charge in [-0.05, 0) is 86.3 Å². The minimum absolute atomic E-state index is 0.00197.